The highest BCUT2D eigenvalue weighted by molar-refractivity contribution is 5.76. The molecule has 0 saturated heterocycles. The smallest absolute Gasteiger partial charge is 0.345 e. The van der Waals surface area contributed by atoms with Crippen molar-refractivity contribution in [3.8, 4) is 0 Å². The van der Waals surface area contributed by atoms with E-state index in [1.165, 1.54) is 12.8 Å². The molecule has 1 saturated carbocycles. The van der Waals surface area contributed by atoms with Crippen LogP contribution >= 0.6 is 0 Å². The first-order valence-corrected chi connectivity index (χ1v) is 9.21. The number of hydrogen-bond donors (Lipinski definition) is 2. The summed E-state index contributed by atoms with van der Waals surface area (Å²) in [6.45, 7) is 5.56. The zero-order chi connectivity index (χ0) is 18.7. The van der Waals surface area contributed by atoms with Crippen LogP contribution in [-0.2, 0) is 11.2 Å². The molecule has 2 aromatic heterocycles. The van der Waals surface area contributed by atoms with Crippen molar-refractivity contribution in [2.45, 2.75) is 71.4 Å². The lowest BCUT2D eigenvalue weighted by atomic mass is 10.1. The number of nitrogens with one attached hydrogen (secondary N) is 2. The second kappa shape index (κ2) is 7.80. The van der Waals surface area contributed by atoms with Gasteiger partial charge in [-0.25, -0.2) is 4.79 Å². The van der Waals surface area contributed by atoms with Gasteiger partial charge in [0.05, 0.1) is 6.04 Å². The number of amides is 1. The van der Waals surface area contributed by atoms with Crippen LogP contribution in [0.3, 0.4) is 0 Å². The van der Waals surface area contributed by atoms with Crippen LogP contribution in [0.25, 0.3) is 0 Å². The second-order valence-electron chi connectivity index (χ2n) is 7.05. The minimum atomic E-state index is -0.354. The molecule has 140 valence electrons. The largest absolute Gasteiger partial charge is 0.346 e. The van der Waals surface area contributed by atoms with Crippen molar-refractivity contribution in [2.24, 2.45) is 0 Å². The average molecular weight is 358 g/mol. The van der Waals surface area contributed by atoms with Gasteiger partial charge < -0.3 is 14.9 Å². The molecule has 0 bridgehead atoms. The number of aromatic nitrogens is 5. The van der Waals surface area contributed by atoms with Crippen molar-refractivity contribution in [3.05, 3.63) is 39.6 Å². The molecule has 1 fully saturated rings. The van der Waals surface area contributed by atoms with Gasteiger partial charge in [0.15, 0.2) is 5.82 Å². The van der Waals surface area contributed by atoms with Gasteiger partial charge in [-0.3, -0.25) is 4.79 Å². The molecule has 0 radical (unpaired) electrons. The van der Waals surface area contributed by atoms with E-state index in [4.69, 9.17) is 0 Å². The van der Waals surface area contributed by atoms with Gasteiger partial charge in [0, 0.05) is 23.9 Å². The van der Waals surface area contributed by atoms with Crippen molar-refractivity contribution >= 4 is 5.91 Å². The summed E-state index contributed by atoms with van der Waals surface area (Å²) in [5, 5.41) is 11.3. The molecule has 2 N–H and O–H groups in total. The fourth-order valence-corrected chi connectivity index (χ4v) is 3.77. The summed E-state index contributed by atoms with van der Waals surface area (Å²) in [6.07, 6.45) is 7.39. The molecule has 1 amide bonds. The summed E-state index contributed by atoms with van der Waals surface area (Å²) in [6, 6.07) is 0.248. The number of hydrogen-bond acceptors (Lipinski definition) is 5. The summed E-state index contributed by atoms with van der Waals surface area (Å²) in [5.74, 6) is 0.756. The maximum absolute atomic E-state index is 12.4. The van der Waals surface area contributed by atoms with Gasteiger partial charge in [0.1, 0.15) is 6.33 Å². The van der Waals surface area contributed by atoms with Crippen LogP contribution in [-0.4, -0.2) is 30.6 Å². The molecule has 0 aromatic carbocycles. The lowest BCUT2D eigenvalue weighted by molar-refractivity contribution is -0.121. The number of H-pyrrole nitrogens is 1. The lowest BCUT2D eigenvalue weighted by Gasteiger charge is -2.19. The summed E-state index contributed by atoms with van der Waals surface area (Å²) in [7, 11) is 0. The van der Waals surface area contributed by atoms with Gasteiger partial charge in [-0.05, 0) is 45.6 Å². The minimum Gasteiger partial charge on any atom is -0.346 e. The SMILES string of the molecule is Cc1nc(=O)[nH]c(C)c1CCC(=O)N[C@@H](C)c1nncn1C1CCCC1. The van der Waals surface area contributed by atoms with E-state index in [2.05, 4.69) is 30.0 Å². The predicted octanol–water partition coefficient (Wildman–Crippen LogP) is 1.90. The standard InChI is InChI=1S/C18H26N6O2/c1-11-15(12(2)22-18(26)21-11)8-9-16(25)20-13(3)17-23-19-10-24(17)14-6-4-5-7-14/h10,13-14H,4-9H2,1-3H3,(H,20,25)(H,21,22,26)/t13-/m0/s1. The van der Waals surface area contributed by atoms with E-state index in [9.17, 15) is 9.59 Å². The first-order valence-electron chi connectivity index (χ1n) is 9.21. The molecule has 3 rings (SSSR count). The Bertz CT molecular complexity index is 808. The highest BCUT2D eigenvalue weighted by atomic mass is 16.1. The van der Waals surface area contributed by atoms with Crippen molar-refractivity contribution in [2.75, 3.05) is 0 Å². The van der Waals surface area contributed by atoms with Gasteiger partial charge in [-0.1, -0.05) is 12.8 Å². The topological polar surface area (TPSA) is 106 Å². The Morgan fingerprint density at radius 1 is 1.38 bits per heavy atom. The van der Waals surface area contributed by atoms with Gasteiger partial charge in [0.25, 0.3) is 0 Å². The zero-order valence-corrected chi connectivity index (χ0v) is 15.6. The van der Waals surface area contributed by atoms with E-state index >= 15 is 0 Å². The van der Waals surface area contributed by atoms with E-state index < -0.39 is 0 Å². The third-order valence-electron chi connectivity index (χ3n) is 5.14. The van der Waals surface area contributed by atoms with Crippen molar-refractivity contribution in [1.29, 1.82) is 0 Å². The first kappa shape index (κ1) is 18.3. The van der Waals surface area contributed by atoms with Gasteiger partial charge in [0.2, 0.25) is 5.91 Å². The summed E-state index contributed by atoms with van der Waals surface area (Å²) < 4.78 is 2.11. The van der Waals surface area contributed by atoms with E-state index in [1.54, 1.807) is 13.3 Å². The van der Waals surface area contributed by atoms with E-state index in [0.717, 1.165) is 29.9 Å². The van der Waals surface area contributed by atoms with Gasteiger partial charge in [-0.15, -0.1) is 10.2 Å². The van der Waals surface area contributed by atoms with Crippen LogP contribution < -0.4 is 11.0 Å². The average Bonchev–Trinajstić information content (AvgIpc) is 3.24. The molecule has 1 aliphatic carbocycles. The molecule has 1 aliphatic rings. The van der Waals surface area contributed by atoms with E-state index in [-0.39, 0.29) is 17.6 Å². The fourth-order valence-electron chi connectivity index (χ4n) is 3.77. The molecular weight excluding hydrogens is 332 g/mol. The molecule has 0 aliphatic heterocycles. The quantitative estimate of drug-likeness (QED) is 0.820. The third-order valence-corrected chi connectivity index (χ3v) is 5.14. The summed E-state index contributed by atoms with van der Waals surface area (Å²) >= 11 is 0. The summed E-state index contributed by atoms with van der Waals surface area (Å²) in [4.78, 5) is 30.3. The van der Waals surface area contributed by atoms with Crippen LogP contribution in [0.5, 0.6) is 0 Å². The maximum atomic E-state index is 12.4. The molecule has 8 nitrogen and oxygen atoms in total. The molecule has 2 aromatic rings. The second-order valence-corrected chi connectivity index (χ2v) is 7.05. The van der Waals surface area contributed by atoms with Crippen LogP contribution in [0.4, 0.5) is 0 Å². The molecule has 0 unspecified atom stereocenters. The van der Waals surface area contributed by atoms with Crippen molar-refractivity contribution < 1.29 is 4.79 Å². The lowest BCUT2D eigenvalue weighted by Crippen LogP contribution is -2.29. The normalized spacial score (nSPS) is 16.0. The number of aromatic amines is 1. The third kappa shape index (κ3) is 4.00. The van der Waals surface area contributed by atoms with Gasteiger partial charge in [-0.2, -0.15) is 4.98 Å². The Kier molecular flexibility index (Phi) is 5.49. The number of nitrogens with zero attached hydrogens (tertiary/aromatic N) is 4. The molecule has 0 spiro atoms. The molecule has 8 heteroatoms. The van der Waals surface area contributed by atoms with Crippen LogP contribution in [0.1, 0.15) is 73.9 Å². The van der Waals surface area contributed by atoms with E-state index in [0.29, 0.717) is 24.6 Å². The highest BCUT2D eigenvalue weighted by Gasteiger charge is 2.23. The van der Waals surface area contributed by atoms with Crippen LogP contribution in [0.15, 0.2) is 11.1 Å². The fraction of sp³-hybridized carbons (Fsp3) is 0.611. The molecule has 2 heterocycles. The number of carbonyl (C=O) groups is 1. The van der Waals surface area contributed by atoms with Crippen molar-refractivity contribution in [1.82, 2.24) is 30.0 Å². The van der Waals surface area contributed by atoms with E-state index in [1.807, 2.05) is 13.8 Å². The zero-order valence-electron chi connectivity index (χ0n) is 15.6. The predicted molar refractivity (Wildman–Crippen MR) is 96.7 cm³/mol. The van der Waals surface area contributed by atoms with Gasteiger partial charge >= 0.3 is 5.69 Å². The number of rotatable bonds is 6. The monoisotopic (exact) mass is 358 g/mol. The minimum absolute atomic E-state index is 0.0523. The Hall–Kier alpha value is -2.51. The Morgan fingerprint density at radius 2 is 2.12 bits per heavy atom. The van der Waals surface area contributed by atoms with Crippen LogP contribution in [0, 0.1) is 13.8 Å². The highest BCUT2D eigenvalue weighted by Crippen LogP contribution is 2.31. The number of aryl methyl sites for hydroxylation is 2. The Morgan fingerprint density at radius 3 is 2.81 bits per heavy atom. The first-order chi connectivity index (χ1) is 12.5. The maximum Gasteiger partial charge on any atom is 0.345 e. The van der Waals surface area contributed by atoms with Crippen molar-refractivity contribution in [3.63, 3.8) is 0 Å². The molecule has 1 atom stereocenters. The van der Waals surface area contributed by atoms with Crippen LogP contribution in [0.2, 0.25) is 0 Å². The Balaban J connectivity index is 1.60. The number of carbonyl (C=O) groups excluding carboxylic acids is 1. The molecular formula is C18H26N6O2. The molecule has 26 heavy (non-hydrogen) atoms. The Labute approximate surface area is 152 Å². The summed E-state index contributed by atoms with van der Waals surface area (Å²) in [5.41, 5.74) is 2.01.